The van der Waals surface area contributed by atoms with E-state index in [1.165, 1.54) is 50.8 Å². The number of carbonyl (C=O) groups is 1. The minimum absolute atomic E-state index is 0.0771. The second kappa shape index (κ2) is 9.45. The molecule has 2 atom stereocenters. The summed E-state index contributed by atoms with van der Waals surface area (Å²) in [6.45, 7) is 2.48. The highest BCUT2D eigenvalue weighted by Gasteiger charge is 2.35. The first-order valence-electron chi connectivity index (χ1n) is 11.0. The van der Waals surface area contributed by atoms with Gasteiger partial charge in [-0.25, -0.2) is 0 Å². The van der Waals surface area contributed by atoms with Crippen LogP contribution in [0.25, 0.3) is 11.1 Å². The normalized spacial score (nSPS) is 22.4. The van der Waals surface area contributed by atoms with Crippen molar-refractivity contribution >= 4 is 5.91 Å². The Labute approximate surface area is 174 Å². The highest BCUT2D eigenvalue weighted by atomic mass is 16.5. The zero-order valence-electron chi connectivity index (χ0n) is 17.4. The van der Waals surface area contributed by atoms with Gasteiger partial charge in [0.05, 0.1) is 0 Å². The van der Waals surface area contributed by atoms with Crippen LogP contribution in [0.5, 0.6) is 5.75 Å². The molecule has 4 heteroatoms. The molecule has 0 spiro atoms. The zero-order valence-corrected chi connectivity index (χ0v) is 17.4. The number of nitrogens with zero attached hydrogens (tertiary/aromatic N) is 2. The minimum atomic E-state index is 0.0771. The Morgan fingerprint density at radius 2 is 1.59 bits per heavy atom. The van der Waals surface area contributed by atoms with E-state index in [-0.39, 0.29) is 12.5 Å². The van der Waals surface area contributed by atoms with Gasteiger partial charge < -0.3 is 9.64 Å². The maximum absolute atomic E-state index is 12.8. The summed E-state index contributed by atoms with van der Waals surface area (Å²) in [5, 5.41) is 0. The van der Waals surface area contributed by atoms with Crippen molar-refractivity contribution in [3.63, 3.8) is 0 Å². The van der Waals surface area contributed by atoms with Gasteiger partial charge >= 0.3 is 0 Å². The molecule has 1 saturated carbocycles. The lowest BCUT2D eigenvalue weighted by Crippen LogP contribution is -2.53. The third kappa shape index (κ3) is 4.81. The van der Waals surface area contributed by atoms with Crippen molar-refractivity contribution in [3.8, 4) is 16.9 Å². The van der Waals surface area contributed by atoms with Gasteiger partial charge in [-0.2, -0.15) is 0 Å². The summed E-state index contributed by atoms with van der Waals surface area (Å²) in [5.74, 6) is 0.819. The van der Waals surface area contributed by atoms with Crippen molar-refractivity contribution in [1.29, 1.82) is 0 Å². The maximum Gasteiger partial charge on any atom is 0.260 e. The van der Waals surface area contributed by atoms with E-state index in [9.17, 15) is 4.79 Å². The van der Waals surface area contributed by atoms with Gasteiger partial charge in [0, 0.05) is 19.1 Å². The molecule has 0 radical (unpaired) electrons. The van der Waals surface area contributed by atoms with E-state index < -0.39 is 0 Å². The van der Waals surface area contributed by atoms with Crippen LogP contribution in [0.15, 0.2) is 54.6 Å². The topological polar surface area (TPSA) is 32.8 Å². The van der Waals surface area contributed by atoms with E-state index in [4.69, 9.17) is 4.74 Å². The molecule has 0 unspecified atom stereocenters. The van der Waals surface area contributed by atoms with Gasteiger partial charge in [0.1, 0.15) is 5.75 Å². The summed E-state index contributed by atoms with van der Waals surface area (Å²) in [6.07, 6.45) is 7.41. The Morgan fingerprint density at radius 3 is 2.31 bits per heavy atom. The fourth-order valence-electron chi connectivity index (χ4n) is 4.85. The van der Waals surface area contributed by atoms with Crippen LogP contribution in [-0.2, 0) is 4.79 Å². The second-order valence-electron chi connectivity index (χ2n) is 8.35. The molecule has 2 aromatic rings. The number of benzene rings is 2. The van der Waals surface area contributed by atoms with E-state index in [0.29, 0.717) is 12.1 Å². The van der Waals surface area contributed by atoms with Gasteiger partial charge in [0.25, 0.3) is 5.91 Å². The van der Waals surface area contributed by atoms with Crippen molar-refractivity contribution in [2.45, 2.75) is 50.6 Å². The molecule has 2 fully saturated rings. The van der Waals surface area contributed by atoms with Crippen molar-refractivity contribution in [2.24, 2.45) is 0 Å². The SMILES string of the molecule is CN(C(=O)COc1ccc(-c2ccccc2)cc1)[C@@H]1CCCC[C@H]1N1CCCC1. The molecule has 2 aromatic carbocycles. The molecule has 1 aliphatic heterocycles. The number of likely N-dealkylation sites (tertiary alicyclic amines) is 1. The maximum atomic E-state index is 12.8. The average molecular weight is 393 g/mol. The van der Waals surface area contributed by atoms with Crippen LogP contribution < -0.4 is 4.74 Å². The largest absolute Gasteiger partial charge is 0.484 e. The minimum Gasteiger partial charge on any atom is -0.484 e. The summed E-state index contributed by atoms with van der Waals surface area (Å²) >= 11 is 0. The van der Waals surface area contributed by atoms with Crippen LogP contribution in [0.2, 0.25) is 0 Å². The number of ether oxygens (including phenoxy) is 1. The second-order valence-corrected chi connectivity index (χ2v) is 8.35. The third-order valence-electron chi connectivity index (χ3n) is 6.52. The quantitative estimate of drug-likeness (QED) is 0.720. The molecule has 4 rings (SSSR count). The Hall–Kier alpha value is -2.33. The van der Waals surface area contributed by atoms with Crippen LogP contribution in [0, 0.1) is 0 Å². The zero-order chi connectivity index (χ0) is 20.1. The van der Waals surface area contributed by atoms with Gasteiger partial charge in [-0.1, -0.05) is 55.3 Å². The summed E-state index contributed by atoms with van der Waals surface area (Å²) in [7, 11) is 1.96. The summed E-state index contributed by atoms with van der Waals surface area (Å²) in [4.78, 5) is 17.4. The molecule has 0 N–H and O–H groups in total. The molecule has 29 heavy (non-hydrogen) atoms. The van der Waals surface area contributed by atoms with Crippen LogP contribution in [-0.4, -0.2) is 54.5 Å². The van der Waals surface area contributed by atoms with Gasteiger partial charge in [-0.05, 0) is 62.0 Å². The van der Waals surface area contributed by atoms with E-state index in [1.54, 1.807) is 0 Å². The summed E-state index contributed by atoms with van der Waals surface area (Å²) in [6, 6.07) is 19.1. The molecule has 0 bridgehead atoms. The van der Waals surface area contributed by atoms with Gasteiger partial charge in [0.15, 0.2) is 6.61 Å². The lowest BCUT2D eigenvalue weighted by Gasteiger charge is -2.42. The highest BCUT2D eigenvalue weighted by molar-refractivity contribution is 5.78. The summed E-state index contributed by atoms with van der Waals surface area (Å²) in [5.41, 5.74) is 2.33. The van der Waals surface area contributed by atoms with Crippen molar-refractivity contribution in [1.82, 2.24) is 9.80 Å². The predicted octanol–water partition coefficient (Wildman–Crippen LogP) is 4.60. The smallest absolute Gasteiger partial charge is 0.260 e. The molecule has 0 aromatic heterocycles. The molecule has 1 saturated heterocycles. The van der Waals surface area contributed by atoms with Crippen LogP contribution >= 0.6 is 0 Å². The van der Waals surface area contributed by atoms with Crippen LogP contribution in [0.4, 0.5) is 0 Å². The van der Waals surface area contributed by atoms with E-state index >= 15 is 0 Å². The van der Waals surface area contributed by atoms with Crippen molar-refractivity contribution in [2.75, 3.05) is 26.7 Å². The van der Waals surface area contributed by atoms with Crippen molar-refractivity contribution in [3.05, 3.63) is 54.6 Å². The van der Waals surface area contributed by atoms with Crippen LogP contribution in [0.1, 0.15) is 38.5 Å². The predicted molar refractivity (Wildman–Crippen MR) is 117 cm³/mol. The van der Waals surface area contributed by atoms with Crippen molar-refractivity contribution < 1.29 is 9.53 Å². The Balaban J connectivity index is 1.33. The number of likely N-dealkylation sites (N-methyl/N-ethyl adjacent to an activating group) is 1. The van der Waals surface area contributed by atoms with E-state index in [0.717, 1.165) is 17.7 Å². The molecule has 2 aliphatic rings. The van der Waals surface area contributed by atoms with Gasteiger partial charge in [-0.15, -0.1) is 0 Å². The molecular weight excluding hydrogens is 360 g/mol. The number of amides is 1. The molecule has 154 valence electrons. The lowest BCUT2D eigenvalue weighted by atomic mass is 9.88. The summed E-state index contributed by atoms with van der Waals surface area (Å²) < 4.78 is 5.83. The molecular formula is C25H32N2O2. The first kappa shape index (κ1) is 20.0. The fraction of sp³-hybridized carbons (Fsp3) is 0.480. The number of hydrogen-bond donors (Lipinski definition) is 0. The lowest BCUT2D eigenvalue weighted by molar-refractivity contribution is -0.136. The molecule has 1 aliphatic carbocycles. The monoisotopic (exact) mass is 392 g/mol. The molecule has 1 amide bonds. The Kier molecular flexibility index (Phi) is 6.50. The number of rotatable bonds is 6. The highest BCUT2D eigenvalue weighted by Crippen LogP contribution is 2.29. The molecule has 1 heterocycles. The van der Waals surface area contributed by atoms with E-state index in [2.05, 4.69) is 17.0 Å². The number of hydrogen-bond acceptors (Lipinski definition) is 3. The Bertz CT molecular complexity index is 784. The van der Waals surface area contributed by atoms with Crippen LogP contribution in [0.3, 0.4) is 0 Å². The van der Waals surface area contributed by atoms with Gasteiger partial charge in [0.2, 0.25) is 0 Å². The first-order valence-corrected chi connectivity index (χ1v) is 11.0. The first-order chi connectivity index (χ1) is 14.2. The van der Waals surface area contributed by atoms with Gasteiger partial charge in [-0.3, -0.25) is 9.69 Å². The van der Waals surface area contributed by atoms with E-state index in [1.807, 2.05) is 54.4 Å². The average Bonchev–Trinajstić information content (AvgIpc) is 3.33. The third-order valence-corrected chi connectivity index (χ3v) is 6.52. The molecule has 4 nitrogen and oxygen atoms in total. The number of carbonyl (C=O) groups excluding carboxylic acids is 1. The Morgan fingerprint density at radius 1 is 0.931 bits per heavy atom. The standard InChI is InChI=1S/C25H32N2O2/c1-26(23-11-5-6-12-24(23)27-17-7-8-18-27)25(28)19-29-22-15-13-21(14-16-22)20-9-3-2-4-10-20/h2-4,9-10,13-16,23-24H,5-8,11-12,17-19H2,1H3/t23-,24-/m1/s1. The fourth-order valence-corrected chi connectivity index (χ4v) is 4.85.